The molecule has 6 nitrogen and oxygen atoms in total. The van der Waals surface area contributed by atoms with E-state index in [2.05, 4.69) is 9.97 Å². The Balaban J connectivity index is 0.000000370. The van der Waals surface area contributed by atoms with E-state index in [-0.39, 0.29) is 5.56 Å². The maximum atomic E-state index is 12.2. The lowest BCUT2D eigenvalue weighted by Gasteiger charge is -2.13. The highest BCUT2D eigenvalue weighted by Crippen LogP contribution is 2.29. The van der Waals surface area contributed by atoms with Crippen LogP contribution in [0.15, 0.2) is 23.0 Å². The standard InChI is InChI=1S/C17H23N3OS.C2HF3O2/c1-11-4-2-7-14-16(11)19-15(20-17(14)21)10-22-13-6-3-5-12(18)8-9-13;3-2(4,5)1(6)7/h2,4,7,12-13H,3,5-6,8-10,18H2,1H3,(H,19,20,21);(H,6,7)/t12-,13+;/m1./s1. The van der Waals surface area contributed by atoms with Crippen molar-refractivity contribution in [3.8, 4) is 0 Å². The van der Waals surface area contributed by atoms with E-state index in [0.29, 0.717) is 16.7 Å². The summed E-state index contributed by atoms with van der Waals surface area (Å²) in [5.74, 6) is -1.21. The van der Waals surface area contributed by atoms with Gasteiger partial charge < -0.3 is 15.8 Å². The summed E-state index contributed by atoms with van der Waals surface area (Å²) in [5.41, 5.74) is 7.87. The Morgan fingerprint density at radius 3 is 2.66 bits per heavy atom. The number of aromatic amines is 1. The third-order valence-electron chi connectivity index (χ3n) is 4.65. The number of rotatable bonds is 3. The largest absolute Gasteiger partial charge is 0.490 e. The highest BCUT2D eigenvalue weighted by molar-refractivity contribution is 7.99. The lowest BCUT2D eigenvalue weighted by atomic mass is 10.1. The van der Waals surface area contributed by atoms with Crippen molar-refractivity contribution in [2.24, 2.45) is 5.73 Å². The smallest absolute Gasteiger partial charge is 0.475 e. The van der Waals surface area contributed by atoms with Gasteiger partial charge in [0.05, 0.1) is 16.7 Å². The second-order valence-corrected chi connectivity index (χ2v) is 8.28. The molecule has 1 aromatic carbocycles. The lowest BCUT2D eigenvalue weighted by molar-refractivity contribution is -0.192. The predicted octanol–water partition coefficient (Wildman–Crippen LogP) is 3.76. The molecule has 29 heavy (non-hydrogen) atoms. The minimum atomic E-state index is -5.08. The van der Waals surface area contributed by atoms with Gasteiger partial charge in [0.1, 0.15) is 5.82 Å². The van der Waals surface area contributed by atoms with Gasteiger partial charge in [0, 0.05) is 11.3 Å². The molecule has 1 fully saturated rings. The van der Waals surface area contributed by atoms with Crippen molar-refractivity contribution in [3.05, 3.63) is 39.9 Å². The van der Waals surface area contributed by atoms with Crippen molar-refractivity contribution in [2.45, 2.75) is 62.2 Å². The van der Waals surface area contributed by atoms with Crippen molar-refractivity contribution in [3.63, 3.8) is 0 Å². The Morgan fingerprint density at radius 2 is 2.00 bits per heavy atom. The number of hydrogen-bond donors (Lipinski definition) is 3. The maximum Gasteiger partial charge on any atom is 0.490 e. The van der Waals surface area contributed by atoms with Gasteiger partial charge in [0.15, 0.2) is 0 Å². The van der Waals surface area contributed by atoms with Gasteiger partial charge in [-0.1, -0.05) is 18.6 Å². The topological polar surface area (TPSA) is 109 Å². The second-order valence-electron chi connectivity index (χ2n) is 6.99. The van der Waals surface area contributed by atoms with E-state index in [4.69, 9.17) is 15.6 Å². The number of nitrogens with one attached hydrogen (secondary N) is 1. The Kier molecular flexibility index (Phi) is 8.09. The first-order valence-corrected chi connectivity index (χ1v) is 10.3. The average molecular weight is 431 g/mol. The molecule has 160 valence electrons. The number of thioether (sulfide) groups is 1. The van der Waals surface area contributed by atoms with Crippen LogP contribution < -0.4 is 11.3 Å². The van der Waals surface area contributed by atoms with Crippen LogP contribution in [0.5, 0.6) is 0 Å². The zero-order valence-corrected chi connectivity index (χ0v) is 16.8. The first-order chi connectivity index (χ1) is 13.6. The summed E-state index contributed by atoms with van der Waals surface area (Å²) in [5, 5.41) is 8.43. The number of aliphatic carboxylic acids is 1. The van der Waals surface area contributed by atoms with Crippen LogP contribution in [0.2, 0.25) is 0 Å². The van der Waals surface area contributed by atoms with E-state index in [1.165, 1.54) is 19.3 Å². The highest BCUT2D eigenvalue weighted by Gasteiger charge is 2.38. The number of halogens is 3. The first kappa shape index (κ1) is 23.2. The van der Waals surface area contributed by atoms with E-state index in [1.807, 2.05) is 36.9 Å². The van der Waals surface area contributed by atoms with E-state index >= 15 is 0 Å². The molecule has 0 saturated heterocycles. The zero-order chi connectivity index (χ0) is 21.6. The summed E-state index contributed by atoms with van der Waals surface area (Å²) in [4.78, 5) is 28.7. The number of benzene rings is 1. The molecule has 0 spiro atoms. The van der Waals surface area contributed by atoms with Crippen molar-refractivity contribution in [1.82, 2.24) is 9.97 Å². The summed E-state index contributed by atoms with van der Waals surface area (Å²) >= 11 is 1.90. The van der Waals surface area contributed by atoms with Gasteiger partial charge in [-0.25, -0.2) is 9.78 Å². The summed E-state index contributed by atoms with van der Waals surface area (Å²) in [7, 11) is 0. The van der Waals surface area contributed by atoms with Crippen molar-refractivity contribution < 1.29 is 23.1 Å². The molecule has 1 heterocycles. The molecule has 0 bridgehead atoms. The quantitative estimate of drug-likeness (QED) is 0.639. The molecule has 10 heteroatoms. The molecule has 1 aromatic heterocycles. The minimum absolute atomic E-state index is 0.0350. The van der Waals surface area contributed by atoms with Crippen LogP contribution in [0.3, 0.4) is 0 Å². The van der Waals surface area contributed by atoms with Crippen LogP contribution >= 0.6 is 11.8 Å². The van der Waals surface area contributed by atoms with Crippen LogP contribution in [0.25, 0.3) is 10.9 Å². The van der Waals surface area contributed by atoms with Gasteiger partial charge in [0.2, 0.25) is 0 Å². The Hall–Kier alpha value is -2.07. The molecule has 1 aliphatic rings. The van der Waals surface area contributed by atoms with Gasteiger partial charge in [-0.3, -0.25) is 4.79 Å². The number of nitrogens with two attached hydrogens (primary N) is 1. The van der Waals surface area contributed by atoms with Crippen molar-refractivity contribution >= 4 is 28.6 Å². The van der Waals surface area contributed by atoms with E-state index in [1.54, 1.807) is 0 Å². The molecular weight excluding hydrogens is 407 g/mol. The number of carboxylic acid groups (broad SMARTS) is 1. The molecule has 1 aliphatic carbocycles. The normalized spacial score (nSPS) is 19.9. The molecule has 0 radical (unpaired) electrons. The minimum Gasteiger partial charge on any atom is -0.475 e. The maximum absolute atomic E-state index is 12.2. The first-order valence-electron chi connectivity index (χ1n) is 9.23. The van der Waals surface area contributed by atoms with Gasteiger partial charge in [0.25, 0.3) is 5.56 Å². The molecule has 0 unspecified atom stereocenters. The molecule has 4 N–H and O–H groups in total. The number of aromatic nitrogens is 2. The predicted molar refractivity (Wildman–Crippen MR) is 107 cm³/mol. The molecule has 2 aromatic rings. The Morgan fingerprint density at radius 1 is 1.31 bits per heavy atom. The number of hydrogen-bond acceptors (Lipinski definition) is 5. The van der Waals surface area contributed by atoms with Crippen LogP contribution in [0.4, 0.5) is 13.2 Å². The lowest BCUT2D eigenvalue weighted by Crippen LogP contribution is -2.21. The van der Waals surface area contributed by atoms with Crippen LogP contribution in [-0.4, -0.2) is 38.5 Å². The van der Waals surface area contributed by atoms with Crippen LogP contribution in [0.1, 0.15) is 43.5 Å². The zero-order valence-electron chi connectivity index (χ0n) is 16.0. The third kappa shape index (κ3) is 7.04. The highest BCUT2D eigenvalue weighted by atomic mass is 32.2. The monoisotopic (exact) mass is 431 g/mol. The van der Waals surface area contributed by atoms with Gasteiger partial charge in [-0.05, 0) is 44.2 Å². The number of aryl methyl sites for hydroxylation is 1. The number of carboxylic acids is 1. The summed E-state index contributed by atoms with van der Waals surface area (Å²) < 4.78 is 31.7. The molecule has 3 rings (SSSR count). The molecule has 0 aliphatic heterocycles. The van der Waals surface area contributed by atoms with Gasteiger partial charge in [-0.2, -0.15) is 24.9 Å². The van der Waals surface area contributed by atoms with Crippen LogP contribution in [-0.2, 0) is 10.5 Å². The van der Waals surface area contributed by atoms with E-state index in [0.717, 1.165) is 35.5 Å². The average Bonchev–Trinajstić information content (AvgIpc) is 2.85. The van der Waals surface area contributed by atoms with E-state index < -0.39 is 12.1 Å². The molecular formula is C19H24F3N3O3S. The fourth-order valence-corrected chi connectivity index (χ4v) is 4.25. The summed E-state index contributed by atoms with van der Waals surface area (Å²) in [6.07, 6.45) is 0.761. The van der Waals surface area contributed by atoms with Crippen LogP contribution in [0, 0.1) is 6.92 Å². The molecule has 2 atom stereocenters. The molecule has 1 saturated carbocycles. The Labute approximate surface area is 170 Å². The number of nitrogens with zero attached hydrogens (tertiary/aromatic N) is 1. The van der Waals surface area contributed by atoms with Gasteiger partial charge >= 0.3 is 12.1 Å². The SMILES string of the molecule is Cc1cccc2c(=O)[nH]c(CS[C@H]3CCC[C@@H](N)CC3)nc12.O=C(O)C(F)(F)F. The molecule has 0 amide bonds. The number of fused-ring (bicyclic) bond motifs is 1. The number of para-hydroxylation sites is 1. The number of H-pyrrole nitrogens is 1. The van der Waals surface area contributed by atoms with E-state index in [9.17, 15) is 18.0 Å². The van der Waals surface area contributed by atoms with Gasteiger partial charge in [-0.15, -0.1) is 0 Å². The third-order valence-corrected chi connectivity index (χ3v) is 6.03. The summed E-state index contributed by atoms with van der Waals surface area (Å²) in [6, 6.07) is 6.10. The fourth-order valence-electron chi connectivity index (χ4n) is 3.08. The van der Waals surface area contributed by atoms with Crippen molar-refractivity contribution in [2.75, 3.05) is 0 Å². The second kappa shape index (κ2) is 10.1. The van der Waals surface area contributed by atoms with Crippen molar-refractivity contribution in [1.29, 1.82) is 0 Å². The Bertz CT molecular complexity index is 902. The number of carbonyl (C=O) groups is 1. The fraction of sp³-hybridized carbons (Fsp3) is 0.526. The number of alkyl halides is 3. The summed E-state index contributed by atoms with van der Waals surface area (Å²) in [6.45, 7) is 2.00.